The molecule has 1 saturated heterocycles. The molecular weight excluding hydrogens is 489 g/mol. The second-order valence-electron chi connectivity index (χ2n) is 7.47. The molecule has 3 rings (SSSR count). The lowest BCUT2D eigenvalue weighted by atomic mass is 10.0. The van der Waals surface area contributed by atoms with Crippen molar-refractivity contribution < 1.29 is 4.74 Å². The molecule has 1 fully saturated rings. The Labute approximate surface area is 197 Å². The van der Waals surface area contributed by atoms with E-state index in [0.29, 0.717) is 12.5 Å². The van der Waals surface area contributed by atoms with Gasteiger partial charge in [0, 0.05) is 37.9 Å². The number of nitrogens with one attached hydrogen (secondary N) is 2. The topological polar surface area (TPSA) is 61.8 Å². The lowest BCUT2D eigenvalue weighted by Gasteiger charge is -2.29. The summed E-state index contributed by atoms with van der Waals surface area (Å²) in [5, 5.41) is 6.84. The highest BCUT2D eigenvalue weighted by atomic mass is 127. The molecule has 2 heterocycles. The average Bonchev–Trinajstić information content (AvgIpc) is 2.77. The fourth-order valence-corrected chi connectivity index (χ4v) is 3.38. The van der Waals surface area contributed by atoms with Crippen LogP contribution in [0.25, 0.3) is 0 Å². The molecular formula is C23H34IN5O. The van der Waals surface area contributed by atoms with Gasteiger partial charge in [-0.2, -0.15) is 0 Å². The molecule has 164 valence electrons. The van der Waals surface area contributed by atoms with Crippen molar-refractivity contribution in [3.05, 3.63) is 59.3 Å². The van der Waals surface area contributed by atoms with E-state index in [1.807, 2.05) is 12.3 Å². The van der Waals surface area contributed by atoms with Crippen LogP contribution in [0, 0.1) is 6.92 Å². The van der Waals surface area contributed by atoms with Gasteiger partial charge in [0.2, 0.25) is 0 Å². The van der Waals surface area contributed by atoms with Crippen LogP contribution < -0.4 is 15.5 Å². The van der Waals surface area contributed by atoms with E-state index in [4.69, 9.17) is 9.73 Å². The van der Waals surface area contributed by atoms with Crippen molar-refractivity contribution in [1.82, 2.24) is 15.6 Å². The summed E-state index contributed by atoms with van der Waals surface area (Å²) in [6.07, 6.45) is 1.85. The van der Waals surface area contributed by atoms with Crippen LogP contribution in [-0.4, -0.2) is 50.3 Å². The first-order valence-electron chi connectivity index (χ1n) is 10.5. The molecule has 0 aliphatic carbocycles. The Morgan fingerprint density at radius 1 is 1.17 bits per heavy atom. The number of hydrogen-bond donors (Lipinski definition) is 2. The maximum Gasteiger partial charge on any atom is 0.191 e. The zero-order valence-corrected chi connectivity index (χ0v) is 20.6. The molecule has 7 heteroatoms. The Hall–Kier alpha value is -1.87. The van der Waals surface area contributed by atoms with Gasteiger partial charge in [0.25, 0.3) is 0 Å². The van der Waals surface area contributed by atoms with E-state index < -0.39 is 0 Å². The van der Waals surface area contributed by atoms with Gasteiger partial charge in [0.1, 0.15) is 5.82 Å². The number of benzene rings is 1. The van der Waals surface area contributed by atoms with Gasteiger partial charge < -0.3 is 20.3 Å². The lowest BCUT2D eigenvalue weighted by Crippen LogP contribution is -2.39. The molecule has 0 amide bonds. The minimum atomic E-state index is 0. The van der Waals surface area contributed by atoms with Crippen molar-refractivity contribution in [2.24, 2.45) is 4.99 Å². The molecule has 6 nitrogen and oxygen atoms in total. The molecule has 30 heavy (non-hydrogen) atoms. The predicted octanol–water partition coefficient (Wildman–Crippen LogP) is 3.70. The van der Waals surface area contributed by atoms with Gasteiger partial charge in [-0.25, -0.2) is 9.98 Å². The number of pyridine rings is 1. The second-order valence-corrected chi connectivity index (χ2v) is 7.47. The second kappa shape index (κ2) is 12.7. The van der Waals surface area contributed by atoms with Gasteiger partial charge in [-0.15, -0.1) is 24.0 Å². The highest BCUT2D eigenvalue weighted by Gasteiger charge is 2.15. The number of hydrogen-bond acceptors (Lipinski definition) is 4. The van der Waals surface area contributed by atoms with Crippen LogP contribution in [0.15, 0.2) is 47.6 Å². The SMILES string of the molecule is CCNC(=NCc1cccnc1N1CCOCC1)NCC(C)c1ccc(C)cc1.I. The molecule has 0 bridgehead atoms. The Bertz CT molecular complexity index is 790. The van der Waals surface area contributed by atoms with Crippen LogP contribution in [-0.2, 0) is 11.3 Å². The largest absolute Gasteiger partial charge is 0.378 e. The van der Waals surface area contributed by atoms with E-state index in [2.05, 4.69) is 71.6 Å². The van der Waals surface area contributed by atoms with Gasteiger partial charge in [-0.1, -0.05) is 42.8 Å². The Morgan fingerprint density at radius 2 is 1.90 bits per heavy atom. The van der Waals surface area contributed by atoms with Crippen LogP contribution in [0.5, 0.6) is 0 Å². The van der Waals surface area contributed by atoms with E-state index >= 15 is 0 Å². The summed E-state index contributed by atoms with van der Waals surface area (Å²) in [6, 6.07) is 12.8. The number of rotatable bonds is 7. The number of halogens is 1. The predicted molar refractivity (Wildman–Crippen MR) is 135 cm³/mol. The van der Waals surface area contributed by atoms with Crippen molar-refractivity contribution in [2.45, 2.75) is 33.2 Å². The molecule has 1 aliphatic rings. The number of aliphatic imine (C=N–C) groups is 1. The number of aryl methyl sites for hydroxylation is 1. The Balaban J connectivity index is 0.00000320. The third kappa shape index (κ3) is 7.12. The first-order valence-corrected chi connectivity index (χ1v) is 10.5. The summed E-state index contributed by atoms with van der Waals surface area (Å²) in [4.78, 5) is 11.7. The Morgan fingerprint density at radius 3 is 2.60 bits per heavy atom. The van der Waals surface area contributed by atoms with E-state index in [1.165, 1.54) is 11.1 Å². The fourth-order valence-electron chi connectivity index (χ4n) is 3.38. The zero-order chi connectivity index (χ0) is 20.5. The molecule has 0 spiro atoms. The number of aromatic nitrogens is 1. The van der Waals surface area contributed by atoms with Gasteiger partial charge in [0.15, 0.2) is 5.96 Å². The van der Waals surface area contributed by atoms with Gasteiger partial charge in [-0.05, 0) is 31.4 Å². The summed E-state index contributed by atoms with van der Waals surface area (Å²) >= 11 is 0. The van der Waals surface area contributed by atoms with Gasteiger partial charge >= 0.3 is 0 Å². The normalized spacial score (nSPS) is 15.3. The van der Waals surface area contributed by atoms with Gasteiger partial charge in [-0.3, -0.25) is 0 Å². The molecule has 1 aromatic heterocycles. The van der Waals surface area contributed by atoms with E-state index in [1.54, 1.807) is 0 Å². The smallest absolute Gasteiger partial charge is 0.191 e. The lowest BCUT2D eigenvalue weighted by molar-refractivity contribution is 0.122. The van der Waals surface area contributed by atoms with Crippen LogP contribution in [0.2, 0.25) is 0 Å². The molecule has 0 saturated carbocycles. The van der Waals surface area contributed by atoms with Gasteiger partial charge in [0.05, 0.1) is 19.8 Å². The van der Waals surface area contributed by atoms with Crippen molar-refractivity contribution >= 4 is 35.8 Å². The van der Waals surface area contributed by atoms with E-state index in [9.17, 15) is 0 Å². The summed E-state index contributed by atoms with van der Waals surface area (Å²) in [5.41, 5.74) is 3.76. The van der Waals surface area contributed by atoms with E-state index in [0.717, 1.165) is 56.7 Å². The molecule has 1 atom stereocenters. The number of ether oxygens (including phenoxy) is 1. The number of guanidine groups is 1. The maximum atomic E-state index is 5.47. The van der Waals surface area contributed by atoms with Crippen LogP contribution in [0.4, 0.5) is 5.82 Å². The monoisotopic (exact) mass is 523 g/mol. The summed E-state index contributed by atoms with van der Waals surface area (Å²) in [7, 11) is 0. The van der Waals surface area contributed by atoms with Crippen LogP contribution in [0.3, 0.4) is 0 Å². The highest BCUT2D eigenvalue weighted by molar-refractivity contribution is 14.0. The summed E-state index contributed by atoms with van der Waals surface area (Å²) in [5.74, 6) is 2.26. The highest BCUT2D eigenvalue weighted by Crippen LogP contribution is 2.19. The quantitative estimate of drug-likeness (QED) is 0.329. The molecule has 2 N–H and O–H groups in total. The average molecular weight is 523 g/mol. The molecule has 1 aliphatic heterocycles. The molecule has 1 aromatic carbocycles. The third-order valence-corrected chi connectivity index (χ3v) is 5.15. The summed E-state index contributed by atoms with van der Waals surface area (Å²) in [6.45, 7) is 11.9. The number of morpholine rings is 1. The van der Waals surface area contributed by atoms with Crippen molar-refractivity contribution in [2.75, 3.05) is 44.3 Å². The molecule has 1 unspecified atom stereocenters. The third-order valence-electron chi connectivity index (χ3n) is 5.15. The minimum Gasteiger partial charge on any atom is -0.378 e. The number of anilines is 1. The van der Waals surface area contributed by atoms with E-state index in [-0.39, 0.29) is 24.0 Å². The summed E-state index contributed by atoms with van der Waals surface area (Å²) < 4.78 is 5.47. The van der Waals surface area contributed by atoms with Crippen LogP contribution >= 0.6 is 24.0 Å². The first-order chi connectivity index (χ1) is 14.2. The number of nitrogens with zero attached hydrogens (tertiary/aromatic N) is 3. The molecule has 2 aromatic rings. The Kier molecular flexibility index (Phi) is 10.4. The zero-order valence-electron chi connectivity index (χ0n) is 18.2. The van der Waals surface area contributed by atoms with Crippen LogP contribution in [0.1, 0.15) is 36.5 Å². The van der Waals surface area contributed by atoms with Crippen molar-refractivity contribution in [1.29, 1.82) is 0 Å². The fraction of sp³-hybridized carbons (Fsp3) is 0.478. The first kappa shape index (κ1) is 24.4. The molecule has 0 radical (unpaired) electrons. The minimum absolute atomic E-state index is 0. The van der Waals surface area contributed by atoms with Crippen molar-refractivity contribution in [3.8, 4) is 0 Å². The standard InChI is InChI=1S/C23H33N5O.HI/c1-4-24-23(26-16-19(3)20-9-7-18(2)8-10-20)27-17-21-6-5-11-25-22(21)28-12-14-29-15-13-28;/h5-11,19H,4,12-17H2,1-3H3,(H2,24,26,27);1H. The maximum absolute atomic E-state index is 5.47. The van der Waals surface area contributed by atoms with Crippen molar-refractivity contribution in [3.63, 3.8) is 0 Å².